The second-order valence-electron chi connectivity index (χ2n) is 4.96. The maximum atomic E-state index is 11.6. The van der Waals surface area contributed by atoms with Gasteiger partial charge in [0.1, 0.15) is 0 Å². The summed E-state index contributed by atoms with van der Waals surface area (Å²) in [6.07, 6.45) is 0.453. The summed E-state index contributed by atoms with van der Waals surface area (Å²) >= 11 is 1.55. The molecule has 19 heavy (non-hydrogen) atoms. The molecule has 0 aliphatic carbocycles. The number of rotatable bonds is 2. The van der Waals surface area contributed by atoms with Crippen LogP contribution in [-0.2, 0) is 9.59 Å². The van der Waals surface area contributed by atoms with Gasteiger partial charge in [-0.1, -0.05) is 17.9 Å². The molecule has 0 atom stereocenters. The Labute approximate surface area is 117 Å². The zero-order valence-corrected chi connectivity index (χ0v) is 12.1. The SMILES string of the molecule is CC(C)(C)N(CCC#Cc1cccs1)C(=O)C(=O)O. The molecular weight excluding hydrogens is 262 g/mol. The molecule has 1 N–H and O–H groups in total. The van der Waals surface area contributed by atoms with Gasteiger partial charge in [-0.2, -0.15) is 0 Å². The van der Waals surface area contributed by atoms with Crippen molar-refractivity contribution in [3.63, 3.8) is 0 Å². The molecule has 0 aromatic carbocycles. The van der Waals surface area contributed by atoms with Gasteiger partial charge in [0.25, 0.3) is 0 Å². The van der Waals surface area contributed by atoms with Gasteiger partial charge in [0, 0.05) is 18.5 Å². The predicted octanol–water partition coefficient (Wildman–Crippen LogP) is 2.20. The maximum absolute atomic E-state index is 11.6. The molecule has 102 valence electrons. The lowest BCUT2D eigenvalue weighted by atomic mass is 10.1. The average Bonchev–Trinajstić information content (AvgIpc) is 2.79. The minimum atomic E-state index is -1.43. The fourth-order valence-corrected chi connectivity index (χ4v) is 2.12. The minimum Gasteiger partial charge on any atom is -0.474 e. The molecule has 4 nitrogen and oxygen atoms in total. The summed E-state index contributed by atoms with van der Waals surface area (Å²) in [5.41, 5.74) is -0.528. The second-order valence-corrected chi connectivity index (χ2v) is 5.91. The van der Waals surface area contributed by atoms with Crippen LogP contribution in [0.15, 0.2) is 17.5 Å². The Morgan fingerprint density at radius 1 is 1.42 bits per heavy atom. The van der Waals surface area contributed by atoms with E-state index in [-0.39, 0.29) is 0 Å². The third kappa shape index (κ3) is 4.76. The van der Waals surface area contributed by atoms with Crippen molar-refractivity contribution in [2.75, 3.05) is 6.54 Å². The summed E-state index contributed by atoms with van der Waals surface area (Å²) in [5.74, 6) is 3.63. The first-order valence-corrected chi connectivity index (χ1v) is 6.77. The average molecular weight is 279 g/mol. The van der Waals surface area contributed by atoms with Crippen molar-refractivity contribution in [2.45, 2.75) is 32.7 Å². The van der Waals surface area contributed by atoms with Gasteiger partial charge in [0.15, 0.2) is 0 Å². The highest BCUT2D eigenvalue weighted by Crippen LogP contribution is 2.14. The molecule has 1 rings (SSSR count). The standard InChI is InChI=1S/C14H17NO3S/c1-14(2,3)15(12(16)13(17)18)9-5-4-7-11-8-6-10-19-11/h6,8,10H,5,9H2,1-3H3,(H,17,18). The molecule has 0 bridgehead atoms. The summed E-state index contributed by atoms with van der Waals surface area (Å²) in [6, 6.07) is 3.84. The van der Waals surface area contributed by atoms with Crippen LogP contribution in [0.4, 0.5) is 0 Å². The van der Waals surface area contributed by atoms with Crippen molar-refractivity contribution in [1.29, 1.82) is 0 Å². The summed E-state index contributed by atoms with van der Waals surface area (Å²) in [7, 11) is 0. The maximum Gasteiger partial charge on any atom is 0.394 e. The van der Waals surface area contributed by atoms with Crippen LogP contribution >= 0.6 is 11.3 Å². The summed E-state index contributed by atoms with van der Waals surface area (Å²) < 4.78 is 0. The Bertz CT molecular complexity index is 503. The smallest absolute Gasteiger partial charge is 0.394 e. The van der Waals surface area contributed by atoms with Gasteiger partial charge in [-0.3, -0.25) is 4.79 Å². The Kier molecular flexibility index (Phi) is 5.13. The number of hydrogen-bond donors (Lipinski definition) is 1. The lowest BCUT2D eigenvalue weighted by molar-refractivity contribution is -0.158. The van der Waals surface area contributed by atoms with Crippen LogP contribution in [0.3, 0.4) is 0 Å². The van der Waals surface area contributed by atoms with Crippen molar-refractivity contribution in [1.82, 2.24) is 4.90 Å². The molecule has 0 radical (unpaired) electrons. The molecule has 0 fully saturated rings. The number of carboxylic acid groups (broad SMARTS) is 1. The Hall–Kier alpha value is -1.80. The molecule has 1 heterocycles. The van der Waals surface area contributed by atoms with Crippen molar-refractivity contribution in [3.8, 4) is 11.8 Å². The van der Waals surface area contributed by atoms with Crippen LogP contribution in [0.5, 0.6) is 0 Å². The van der Waals surface area contributed by atoms with Crippen molar-refractivity contribution in [2.24, 2.45) is 0 Å². The number of nitrogens with zero attached hydrogens (tertiary/aromatic N) is 1. The normalized spacial score (nSPS) is 10.5. The molecule has 0 aliphatic rings. The summed E-state index contributed by atoms with van der Waals surface area (Å²) in [4.78, 5) is 24.7. The van der Waals surface area contributed by atoms with Crippen LogP contribution in [0.2, 0.25) is 0 Å². The number of amides is 1. The van der Waals surface area contributed by atoms with Gasteiger partial charge in [-0.05, 0) is 32.2 Å². The van der Waals surface area contributed by atoms with Gasteiger partial charge in [0.2, 0.25) is 0 Å². The molecule has 1 aromatic heterocycles. The molecule has 0 aliphatic heterocycles. The van der Waals surface area contributed by atoms with Gasteiger partial charge in [-0.25, -0.2) is 4.79 Å². The van der Waals surface area contributed by atoms with E-state index in [4.69, 9.17) is 5.11 Å². The summed E-state index contributed by atoms with van der Waals surface area (Å²) in [5, 5.41) is 10.7. The Morgan fingerprint density at radius 2 is 2.11 bits per heavy atom. The zero-order chi connectivity index (χ0) is 14.5. The van der Waals surface area contributed by atoms with E-state index in [0.29, 0.717) is 13.0 Å². The first-order valence-electron chi connectivity index (χ1n) is 5.89. The Balaban J connectivity index is 2.64. The van der Waals surface area contributed by atoms with Crippen LogP contribution in [0.25, 0.3) is 0 Å². The lowest BCUT2D eigenvalue weighted by Gasteiger charge is -2.33. The monoisotopic (exact) mass is 279 g/mol. The van der Waals surface area contributed by atoms with E-state index in [1.807, 2.05) is 17.5 Å². The van der Waals surface area contributed by atoms with Crippen LogP contribution in [-0.4, -0.2) is 34.0 Å². The van der Waals surface area contributed by atoms with Gasteiger partial charge >= 0.3 is 11.9 Å². The van der Waals surface area contributed by atoms with Crippen molar-refractivity contribution < 1.29 is 14.7 Å². The molecule has 0 saturated carbocycles. The fourth-order valence-electron chi connectivity index (χ4n) is 1.52. The number of carbonyl (C=O) groups excluding carboxylic acids is 1. The quantitative estimate of drug-likeness (QED) is 0.667. The molecule has 0 spiro atoms. The lowest BCUT2D eigenvalue weighted by Crippen LogP contribution is -2.49. The van der Waals surface area contributed by atoms with Gasteiger partial charge in [0.05, 0.1) is 4.88 Å². The summed E-state index contributed by atoms with van der Waals surface area (Å²) in [6.45, 7) is 5.73. The van der Waals surface area contributed by atoms with E-state index >= 15 is 0 Å². The number of thiophene rings is 1. The second kappa shape index (κ2) is 6.39. The van der Waals surface area contributed by atoms with Crippen LogP contribution in [0, 0.1) is 11.8 Å². The number of hydrogen-bond acceptors (Lipinski definition) is 3. The topological polar surface area (TPSA) is 57.6 Å². The molecule has 1 amide bonds. The van der Waals surface area contributed by atoms with E-state index in [1.54, 1.807) is 32.1 Å². The first kappa shape index (κ1) is 15.3. The van der Waals surface area contributed by atoms with Crippen molar-refractivity contribution in [3.05, 3.63) is 22.4 Å². The highest BCUT2D eigenvalue weighted by molar-refractivity contribution is 7.10. The van der Waals surface area contributed by atoms with Crippen LogP contribution in [0.1, 0.15) is 32.1 Å². The van der Waals surface area contributed by atoms with E-state index in [9.17, 15) is 9.59 Å². The molecule has 0 saturated heterocycles. The molecule has 1 aromatic rings. The van der Waals surface area contributed by atoms with Gasteiger partial charge < -0.3 is 10.0 Å². The molecular formula is C14H17NO3S. The van der Waals surface area contributed by atoms with E-state index in [1.165, 1.54) is 4.90 Å². The third-order valence-corrected chi connectivity index (χ3v) is 3.22. The number of aliphatic carboxylic acids is 1. The Morgan fingerprint density at radius 3 is 2.58 bits per heavy atom. The van der Waals surface area contributed by atoms with Crippen molar-refractivity contribution >= 4 is 23.2 Å². The van der Waals surface area contributed by atoms with E-state index < -0.39 is 17.4 Å². The predicted molar refractivity (Wildman–Crippen MR) is 74.9 cm³/mol. The fraction of sp³-hybridized carbons (Fsp3) is 0.429. The first-order chi connectivity index (χ1) is 8.82. The highest BCUT2D eigenvalue weighted by atomic mass is 32.1. The minimum absolute atomic E-state index is 0.313. The molecule has 0 unspecified atom stereocenters. The molecule has 5 heteroatoms. The highest BCUT2D eigenvalue weighted by Gasteiger charge is 2.29. The zero-order valence-electron chi connectivity index (χ0n) is 11.3. The van der Waals surface area contributed by atoms with E-state index in [0.717, 1.165) is 4.88 Å². The largest absolute Gasteiger partial charge is 0.474 e. The van der Waals surface area contributed by atoms with Crippen LogP contribution < -0.4 is 0 Å². The number of carboxylic acids is 1. The van der Waals surface area contributed by atoms with E-state index in [2.05, 4.69) is 11.8 Å². The number of carbonyl (C=O) groups is 2. The third-order valence-electron chi connectivity index (χ3n) is 2.43. The van der Waals surface area contributed by atoms with Gasteiger partial charge in [-0.15, -0.1) is 11.3 Å².